The number of amides is 1. The maximum absolute atomic E-state index is 13.0. The molecule has 3 heterocycles. The van der Waals surface area contributed by atoms with Gasteiger partial charge < -0.3 is 15.4 Å². The zero-order chi connectivity index (χ0) is 23.8. The number of benzene rings is 2. The maximum atomic E-state index is 13.0. The number of nitrogens with one attached hydrogen (secondary N) is 2. The lowest BCUT2D eigenvalue weighted by atomic mass is 10.1. The number of halogens is 1. The normalized spacial score (nSPS) is 18.6. The van der Waals surface area contributed by atoms with E-state index in [1.54, 1.807) is 11.3 Å². The van der Waals surface area contributed by atoms with E-state index in [4.69, 9.17) is 16.6 Å². The highest BCUT2D eigenvalue weighted by Gasteiger charge is 2.38. The van der Waals surface area contributed by atoms with Crippen LogP contribution in [-0.4, -0.2) is 49.6 Å². The molecule has 1 aliphatic rings. The topological polar surface area (TPSA) is 94.1 Å². The van der Waals surface area contributed by atoms with Crippen molar-refractivity contribution in [1.29, 1.82) is 0 Å². The molecule has 2 aromatic heterocycles. The summed E-state index contributed by atoms with van der Waals surface area (Å²) in [6.45, 7) is 5.52. The predicted molar refractivity (Wildman–Crippen MR) is 135 cm³/mol. The molecule has 1 aliphatic heterocycles. The minimum absolute atomic E-state index is 0.202. The van der Waals surface area contributed by atoms with Crippen LogP contribution in [-0.2, 0) is 17.9 Å². The molecule has 176 valence electrons. The Hall–Kier alpha value is -2.78. The van der Waals surface area contributed by atoms with Crippen molar-refractivity contribution in [1.82, 2.24) is 25.2 Å². The number of rotatable bonds is 6. The van der Waals surface area contributed by atoms with E-state index in [0.29, 0.717) is 30.4 Å². The summed E-state index contributed by atoms with van der Waals surface area (Å²) in [5.41, 5.74) is 6.07. The fraction of sp³-hybridized carbons (Fsp3) is 0.320. The third kappa shape index (κ3) is 4.59. The lowest BCUT2D eigenvalue weighted by molar-refractivity contribution is -0.128. The quantitative estimate of drug-likeness (QED) is 0.372. The van der Waals surface area contributed by atoms with Crippen molar-refractivity contribution in [2.45, 2.75) is 45.5 Å². The Kier molecular flexibility index (Phi) is 6.40. The number of likely N-dealkylation sites (tertiary alicyclic amines) is 1. The van der Waals surface area contributed by atoms with Crippen molar-refractivity contribution in [3.63, 3.8) is 0 Å². The predicted octanol–water partition coefficient (Wildman–Crippen LogP) is 4.21. The second-order valence-corrected chi connectivity index (χ2v) is 10.0. The van der Waals surface area contributed by atoms with Crippen molar-refractivity contribution in [2.75, 3.05) is 6.54 Å². The molecule has 2 aromatic carbocycles. The Balaban J connectivity index is 1.25. The minimum atomic E-state index is -0.713. The highest BCUT2D eigenvalue weighted by atomic mass is 35.5. The second-order valence-electron chi connectivity index (χ2n) is 8.73. The van der Waals surface area contributed by atoms with Gasteiger partial charge in [-0.25, -0.2) is 9.97 Å². The molecular weight excluding hydrogens is 470 g/mol. The van der Waals surface area contributed by atoms with Crippen molar-refractivity contribution >= 4 is 39.9 Å². The number of nitrogens with zero attached hydrogens (tertiary/aromatic N) is 3. The van der Waals surface area contributed by atoms with E-state index in [1.165, 1.54) is 5.56 Å². The van der Waals surface area contributed by atoms with Gasteiger partial charge in [-0.05, 0) is 49.6 Å². The van der Waals surface area contributed by atoms with Gasteiger partial charge in [-0.1, -0.05) is 29.8 Å². The fourth-order valence-corrected chi connectivity index (χ4v) is 5.34. The summed E-state index contributed by atoms with van der Waals surface area (Å²) in [7, 11) is 0. The molecule has 1 amide bonds. The maximum Gasteiger partial charge on any atom is 0.240 e. The molecule has 3 N–H and O–H groups in total. The van der Waals surface area contributed by atoms with Gasteiger partial charge in [0.1, 0.15) is 16.9 Å². The van der Waals surface area contributed by atoms with Crippen LogP contribution in [0.1, 0.15) is 29.1 Å². The van der Waals surface area contributed by atoms with Crippen LogP contribution in [0.5, 0.6) is 0 Å². The molecule has 9 heteroatoms. The van der Waals surface area contributed by atoms with Crippen LogP contribution in [0.25, 0.3) is 21.6 Å². The summed E-state index contributed by atoms with van der Waals surface area (Å²) in [6, 6.07) is 11.0. The molecule has 0 bridgehead atoms. The lowest BCUT2D eigenvalue weighted by Gasteiger charge is -2.24. The van der Waals surface area contributed by atoms with E-state index in [1.807, 2.05) is 47.5 Å². The molecule has 34 heavy (non-hydrogen) atoms. The lowest BCUT2D eigenvalue weighted by Crippen LogP contribution is -2.47. The highest BCUT2D eigenvalue weighted by molar-refractivity contribution is 7.13. The van der Waals surface area contributed by atoms with E-state index >= 15 is 0 Å². The molecule has 7 nitrogen and oxygen atoms in total. The number of aromatic nitrogens is 3. The van der Waals surface area contributed by atoms with Gasteiger partial charge in [0.2, 0.25) is 5.91 Å². The number of aliphatic hydroxyl groups is 1. The summed E-state index contributed by atoms with van der Waals surface area (Å²) < 4.78 is 0. The number of hydrogen-bond acceptors (Lipinski definition) is 6. The number of imidazole rings is 1. The molecule has 0 radical (unpaired) electrons. The Morgan fingerprint density at radius 2 is 2.03 bits per heavy atom. The number of carbonyl (C=O) groups is 1. The molecule has 0 unspecified atom stereocenters. The summed E-state index contributed by atoms with van der Waals surface area (Å²) in [4.78, 5) is 27.7. The van der Waals surface area contributed by atoms with Crippen LogP contribution in [0.2, 0.25) is 5.02 Å². The van der Waals surface area contributed by atoms with Crippen LogP contribution < -0.4 is 5.32 Å². The van der Waals surface area contributed by atoms with E-state index in [2.05, 4.69) is 28.3 Å². The second kappa shape index (κ2) is 9.46. The standard InChI is InChI=1S/C25H26ClN5O2S/c1-14-3-8-19-22(15(14)2)30-21(29-19)11-27-24(33)23-20(32)9-10-31(23)12-18-13-34-25(28-18)16-4-6-17(26)7-5-16/h3-8,13,20,23,32H,9-12H2,1-2H3,(H,27,33)(H,29,30)/t20-,23-/m0/s1. The van der Waals surface area contributed by atoms with Crippen LogP contribution in [0.3, 0.4) is 0 Å². The number of fused-ring (bicyclic) bond motifs is 1. The van der Waals surface area contributed by atoms with Gasteiger partial charge in [0.25, 0.3) is 0 Å². The molecule has 0 spiro atoms. The Morgan fingerprint density at radius 3 is 2.82 bits per heavy atom. The molecule has 1 saturated heterocycles. The average Bonchev–Trinajstić information content (AvgIpc) is 3.55. The number of aryl methyl sites for hydroxylation is 2. The zero-order valence-electron chi connectivity index (χ0n) is 19.0. The van der Waals surface area contributed by atoms with Gasteiger partial charge in [-0.2, -0.15) is 0 Å². The fourth-order valence-electron chi connectivity index (χ4n) is 4.39. The largest absolute Gasteiger partial charge is 0.391 e. The van der Waals surface area contributed by atoms with Crippen molar-refractivity contribution in [3.05, 3.63) is 69.4 Å². The van der Waals surface area contributed by atoms with Gasteiger partial charge >= 0.3 is 0 Å². The number of aromatic amines is 1. The Bertz CT molecular complexity index is 1330. The SMILES string of the molecule is Cc1ccc2[nH]c(CNC(=O)[C@@H]3[C@@H](O)CCN3Cc3csc(-c4ccc(Cl)cc4)n3)nc2c1C. The highest BCUT2D eigenvalue weighted by Crippen LogP contribution is 2.27. The molecule has 1 fully saturated rings. The third-order valence-electron chi connectivity index (χ3n) is 6.40. The summed E-state index contributed by atoms with van der Waals surface area (Å²) >= 11 is 7.54. The number of aliphatic hydroxyl groups excluding tert-OH is 1. The van der Waals surface area contributed by atoms with Crippen LogP contribution >= 0.6 is 22.9 Å². The summed E-state index contributed by atoms with van der Waals surface area (Å²) in [6.07, 6.45) is -0.162. The third-order valence-corrected chi connectivity index (χ3v) is 7.60. The van der Waals surface area contributed by atoms with Crippen molar-refractivity contribution in [3.8, 4) is 10.6 Å². The first-order valence-electron chi connectivity index (χ1n) is 11.2. The number of carbonyl (C=O) groups excluding carboxylic acids is 1. The Labute approximate surface area is 206 Å². The zero-order valence-corrected chi connectivity index (χ0v) is 20.6. The van der Waals surface area contributed by atoms with Gasteiger partial charge in [0.15, 0.2) is 0 Å². The number of hydrogen-bond donors (Lipinski definition) is 3. The number of thiazole rings is 1. The van der Waals surface area contributed by atoms with Crippen LogP contribution in [0, 0.1) is 13.8 Å². The molecule has 0 aliphatic carbocycles. The molecule has 2 atom stereocenters. The van der Waals surface area contributed by atoms with Crippen molar-refractivity contribution < 1.29 is 9.90 Å². The first-order valence-corrected chi connectivity index (χ1v) is 12.5. The van der Waals surface area contributed by atoms with Crippen LogP contribution in [0.4, 0.5) is 0 Å². The van der Waals surface area contributed by atoms with E-state index in [0.717, 1.165) is 32.9 Å². The first-order chi connectivity index (χ1) is 16.4. The molecule has 4 aromatic rings. The number of H-pyrrole nitrogens is 1. The van der Waals surface area contributed by atoms with E-state index in [-0.39, 0.29) is 12.5 Å². The minimum Gasteiger partial charge on any atom is -0.391 e. The Morgan fingerprint density at radius 1 is 1.24 bits per heavy atom. The smallest absolute Gasteiger partial charge is 0.240 e. The van der Waals surface area contributed by atoms with Gasteiger partial charge in [0.05, 0.1) is 29.4 Å². The van der Waals surface area contributed by atoms with Crippen LogP contribution in [0.15, 0.2) is 41.8 Å². The molecule has 0 saturated carbocycles. The average molecular weight is 496 g/mol. The molecule has 5 rings (SSSR count). The van der Waals surface area contributed by atoms with Crippen molar-refractivity contribution in [2.24, 2.45) is 0 Å². The summed E-state index contributed by atoms with van der Waals surface area (Å²) in [5.74, 6) is 0.495. The van der Waals surface area contributed by atoms with Gasteiger partial charge in [-0.3, -0.25) is 9.69 Å². The van der Waals surface area contributed by atoms with E-state index < -0.39 is 12.1 Å². The van der Waals surface area contributed by atoms with Gasteiger partial charge in [0, 0.05) is 29.1 Å². The summed E-state index contributed by atoms with van der Waals surface area (Å²) in [5, 5.41) is 17.1. The van der Waals surface area contributed by atoms with E-state index in [9.17, 15) is 9.90 Å². The van der Waals surface area contributed by atoms with Gasteiger partial charge in [-0.15, -0.1) is 11.3 Å². The monoisotopic (exact) mass is 495 g/mol. The first kappa shape index (κ1) is 23.0. The molecular formula is C25H26ClN5O2S.